The third-order valence-corrected chi connectivity index (χ3v) is 5.55. The van der Waals surface area contributed by atoms with Crippen molar-refractivity contribution in [2.75, 3.05) is 23.4 Å². The smallest absolute Gasteiger partial charge is 0.239 e. The van der Waals surface area contributed by atoms with Crippen LogP contribution in [0, 0.1) is 0 Å². The number of anilines is 1. The number of rotatable bonds is 11. The van der Waals surface area contributed by atoms with Crippen molar-refractivity contribution in [3.05, 3.63) is 48.5 Å². The second kappa shape index (κ2) is 10.7. The number of sulfone groups is 1. The van der Waals surface area contributed by atoms with Gasteiger partial charge in [0.05, 0.1) is 18.0 Å². The van der Waals surface area contributed by atoms with E-state index in [4.69, 9.17) is 9.47 Å². The monoisotopic (exact) mass is 405 g/mol. The highest BCUT2D eigenvalue weighted by molar-refractivity contribution is 7.92. The van der Waals surface area contributed by atoms with E-state index in [0.717, 1.165) is 18.6 Å². The summed E-state index contributed by atoms with van der Waals surface area (Å²) >= 11 is 0. The Balaban J connectivity index is 2.02. The van der Waals surface area contributed by atoms with Gasteiger partial charge in [-0.1, -0.05) is 31.9 Å². The van der Waals surface area contributed by atoms with Crippen LogP contribution in [0.5, 0.6) is 17.2 Å². The molecule has 1 N–H and O–H groups in total. The van der Waals surface area contributed by atoms with Gasteiger partial charge in [-0.05, 0) is 49.7 Å². The minimum absolute atomic E-state index is 0.0264. The molecule has 0 spiro atoms. The van der Waals surface area contributed by atoms with Gasteiger partial charge in [-0.3, -0.25) is 4.79 Å². The van der Waals surface area contributed by atoms with Crippen LogP contribution in [0.15, 0.2) is 48.5 Å². The summed E-state index contributed by atoms with van der Waals surface area (Å²) in [7, 11) is -3.42. The number of hydrogen-bond acceptors (Lipinski definition) is 5. The molecule has 28 heavy (non-hydrogen) atoms. The molecule has 152 valence electrons. The van der Waals surface area contributed by atoms with Crippen molar-refractivity contribution in [3.63, 3.8) is 0 Å². The average Bonchev–Trinajstić information content (AvgIpc) is 2.65. The molecular formula is C21H27NO5S. The number of nitrogens with one attached hydrogen (secondary N) is 1. The second-order valence-electron chi connectivity index (χ2n) is 6.35. The standard InChI is InChI=1S/C21H27NO5S/c1-3-5-8-15-28(24,25)16-21(23)22-19-9-6-7-10-20(19)27-18-13-11-17(12-14-18)26-4-2/h6-7,9-14H,3-5,8,15-16H2,1-2H3,(H,22,23). The minimum atomic E-state index is -3.42. The molecule has 0 radical (unpaired) electrons. The molecule has 2 aromatic rings. The summed E-state index contributed by atoms with van der Waals surface area (Å²) in [6, 6.07) is 14.0. The van der Waals surface area contributed by atoms with Crippen molar-refractivity contribution in [1.29, 1.82) is 0 Å². The minimum Gasteiger partial charge on any atom is -0.494 e. The van der Waals surface area contributed by atoms with Gasteiger partial charge < -0.3 is 14.8 Å². The summed E-state index contributed by atoms with van der Waals surface area (Å²) in [6.07, 6.45) is 2.33. The molecule has 1 amide bonds. The van der Waals surface area contributed by atoms with E-state index in [9.17, 15) is 13.2 Å². The fraction of sp³-hybridized carbons (Fsp3) is 0.381. The first-order valence-corrected chi connectivity index (χ1v) is 11.3. The molecule has 0 saturated heterocycles. The van der Waals surface area contributed by atoms with Crippen LogP contribution in [-0.4, -0.2) is 32.4 Å². The number of carbonyl (C=O) groups excluding carboxylic acids is 1. The molecule has 0 aromatic heterocycles. The summed E-state index contributed by atoms with van der Waals surface area (Å²) in [5, 5.41) is 2.64. The van der Waals surface area contributed by atoms with Crippen molar-refractivity contribution < 1.29 is 22.7 Å². The third kappa shape index (κ3) is 7.23. The molecule has 0 saturated carbocycles. The molecule has 0 aliphatic heterocycles. The Morgan fingerprint density at radius 2 is 1.64 bits per heavy atom. The average molecular weight is 406 g/mol. The van der Waals surface area contributed by atoms with Crippen molar-refractivity contribution in [2.45, 2.75) is 33.1 Å². The molecule has 0 atom stereocenters. The first-order chi connectivity index (χ1) is 13.4. The van der Waals surface area contributed by atoms with Gasteiger partial charge in [0.15, 0.2) is 15.6 Å². The van der Waals surface area contributed by atoms with E-state index in [0.29, 0.717) is 30.2 Å². The fourth-order valence-electron chi connectivity index (χ4n) is 2.59. The van der Waals surface area contributed by atoms with Crippen molar-refractivity contribution in [3.8, 4) is 17.2 Å². The SMILES string of the molecule is CCCCCS(=O)(=O)CC(=O)Nc1ccccc1Oc1ccc(OCC)cc1. The number of amides is 1. The van der Waals surface area contributed by atoms with E-state index in [1.807, 2.05) is 13.8 Å². The number of benzene rings is 2. The van der Waals surface area contributed by atoms with Gasteiger partial charge in [0.2, 0.25) is 5.91 Å². The largest absolute Gasteiger partial charge is 0.494 e. The van der Waals surface area contributed by atoms with Gasteiger partial charge in [-0.25, -0.2) is 8.42 Å². The zero-order chi connectivity index (χ0) is 20.4. The Morgan fingerprint density at radius 1 is 0.964 bits per heavy atom. The van der Waals surface area contributed by atoms with Gasteiger partial charge >= 0.3 is 0 Å². The summed E-state index contributed by atoms with van der Waals surface area (Å²) in [6.45, 7) is 4.49. The van der Waals surface area contributed by atoms with Gasteiger partial charge in [-0.15, -0.1) is 0 Å². The quantitative estimate of drug-likeness (QED) is 0.560. The molecule has 2 aromatic carbocycles. The van der Waals surface area contributed by atoms with Gasteiger partial charge in [0.25, 0.3) is 0 Å². The zero-order valence-corrected chi connectivity index (χ0v) is 17.1. The molecule has 0 bridgehead atoms. The van der Waals surface area contributed by atoms with Gasteiger partial charge in [-0.2, -0.15) is 0 Å². The highest BCUT2D eigenvalue weighted by Crippen LogP contribution is 2.30. The Bertz CT molecular complexity index is 863. The van der Waals surface area contributed by atoms with E-state index >= 15 is 0 Å². The zero-order valence-electron chi connectivity index (χ0n) is 16.3. The molecule has 0 unspecified atom stereocenters. The lowest BCUT2D eigenvalue weighted by Gasteiger charge is -2.13. The Hall–Kier alpha value is -2.54. The molecular weight excluding hydrogens is 378 g/mol. The highest BCUT2D eigenvalue weighted by atomic mass is 32.2. The van der Waals surface area contributed by atoms with Gasteiger partial charge in [0, 0.05) is 0 Å². The molecule has 2 rings (SSSR count). The number of para-hydroxylation sites is 2. The summed E-state index contributed by atoms with van der Waals surface area (Å²) < 4.78 is 35.4. The van der Waals surface area contributed by atoms with Crippen LogP contribution in [0.25, 0.3) is 0 Å². The van der Waals surface area contributed by atoms with Crippen molar-refractivity contribution >= 4 is 21.4 Å². The molecule has 0 aliphatic rings. The number of unbranched alkanes of at least 4 members (excludes halogenated alkanes) is 2. The van der Waals surface area contributed by atoms with E-state index < -0.39 is 21.5 Å². The lowest BCUT2D eigenvalue weighted by molar-refractivity contribution is -0.113. The fourth-order valence-corrected chi connectivity index (χ4v) is 3.85. The van der Waals surface area contributed by atoms with Crippen LogP contribution in [0.3, 0.4) is 0 Å². The molecule has 0 aliphatic carbocycles. The maximum Gasteiger partial charge on any atom is 0.239 e. The van der Waals surface area contributed by atoms with E-state index in [1.165, 1.54) is 0 Å². The normalized spacial score (nSPS) is 11.1. The number of carbonyl (C=O) groups is 1. The van der Waals surface area contributed by atoms with Crippen LogP contribution in [0.4, 0.5) is 5.69 Å². The van der Waals surface area contributed by atoms with E-state index in [1.54, 1.807) is 48.5 Å². The summed E-state index contributed by atoms with van der Waals surface area (Å²) in [4.78, 5) is 12.2. The van der Waals surface area contributed by atoms with Crippen LogP contribution >= 0.6 is 0 Å². The predicted octanol–water partition coefficient (Wildman–Crippen LogP) is 4.42. The third-order valence-electron chi connectivity index (χ3n) is 3.93. The molecule has 0 fully saturated rings. The van der Waals surface area contributed by atoms with Crippen LogP contribution in [0.2, 0.25) is 0 Å². The molecule has 0 heterocycles. The topological polar surface area (TPSA) is 81.7 Å². The first-order valence-electron chi connectivity index (χ1n) is 9.43. The predicted molar refractivity (Wildman–Crippen MR) is 111 cm³/mol. The summed E-state index contributed by atoms with van der Waals surface area (Å²) in [5.74, 6) is 0.678. The van der Waals surface area contributed by atoms with E-state index in [-0.39, 0.29) is 5.75 Å². The van der Waals surface area contributed by atoms with E-state index in [2.05, 4.69) is 5.32 Å². The van der Waals surface area contributed by atoms with Crippen molar-refractivity contribution in [2.24, 2.45) is 0 Å². The van der Waals surface area contributed by atoms with Crippen LogP contribution in [-0.2, 0) is 14.6 Å². The number of ether oxygens (including phenoxy) is 2. The second-order valence-corrected chi connectivity index (χ2v) is 8.53. The maximum atomic E-state index is 12.2. The van der Waals surface area contributed by atoms with Gasteiger partial charge in [0.1, 0.15) is 17.3 Å². The molecule has 7 heteroatoms. The lowest BCUT2D eigenvalue weighted by Crippen LogP contribution is -2.24. The van der Waals surface area contributed by atoms with Crippen molar-refractivity contribution in [1.82, 2.24) is 0 Å². The summed E-state index contributed by atoms with van der Waals surface area (Å²) in [5.41, 5.74) is 0.421. The first kappa shape index (κ1) is 21.8. The Kier molecular flexibility index (Phi) is 8.32. The Labute approximate surface area is 166 Å². The van der Waals surface area contributed by atoms with Crippen LogP contribution < -0.4 is 14.8 Å². The van der Waals surface area contributed by atoms with Crippen LogP contribution in [0.1, 0.15) is 33.1 Å². The Morgan fingerprint density at radius 3 is 2.32 bits per heavy atom. The maximum absolute atomic E-state index is 12.2. The highest BCUT2D eigenvalue weighted by Gasteiger charge is 2.17. The molecule has 6 nitrogen and oxygen atoms in total. The lowest BCUT2D eigenvalue weighted by atomic mass is 10.2. The number of hydrogen-bond donors (Lipinski definition) is 1.